The molecule has 0 radical (unpaired) electrons. The van der Waals surface area contributed by atoms with Crippen LogP contribution in [-0.4, -0.2) is 11.0 Å². The first kappa shape index (κ1) is 9.97. The summed E-state index contributed by atoms with van der Waals surface area (Å²) in [5, 5.41) is 7.85. The summed E-state index contributed by atoms with van der Waals surface area (Å²) in [6.07, 6.45) is -0.852. The topological polar surface area (TPSA) is 89.3 Å². The van der Waals surface area contributed by atoms with E-state index in [4.69, 9.17) is 5.11 Å². The number of amides is 1. The monoisotopic (exact) mass is 96.1 g/mol. The molecule has 0 atom stereocenters. The van der Waals surface area contributed by atoms with Crippen LogP contribution in [0.3, 0.4) is 0 Å². The van der Waals surface area contributed by atoms with E-state index in [1.54, 1.807) is 0 Å². The Morgan fingerprint density at radius 1 is 1.71 bits per heavy atom. The van der Waals surface area contributed by atoms with E-state index in [0.717, 1.165) is 0 Å². The molecule has 0 bridgehead atoms. The Hall–Kier alpha value is -0.143. The molecule has 0 aromatic heterocycles. The van der Waals surface area contributed by atoms with Crippen LogP contribution in [0.4, 0.5) is 0 Å². The Labute approximate surface area is 53.0 Å². The number of carbonyl (C=O) groups excluding carboxylic acids is 1. The molecular formula is C2H5LiN2O2. The van der Waals surface area contributed by atoms with Crippen LogP contribution in [0.2, 0.25) is 0 Å². The number of hydrogen-bond acceptors (Lipinski definition) is 3. The largest absolute Gasteiger partial charge is 1.00 e. The maximum absolute atomic E-state index is 9.51. The molecule has 0 aliphatic heterocycles. The molecule has 0 aliphatic carbocycles. The molecule has 0 heterocycles. The predicted molar refractivity (Wildman–Crippen MR) is 18.6 cm³/mol. The molecule has 36 valence electrons. The molecule has 0 saturated heterocycles. The average Bonchev–Trinajstić information content (AvgIpc) is 1.36. The smallest absolute Gasteiger partial charge is 0.521 e. The summed E-state index contributed by atoms with van der Waals surface area (Å²) in [6.45, 7) is 0. The van der Waals surface area contributed by atoms with Gasteiger partial charge in [0.1, 0.15) is 5.91 Å². The second kappa shape index (κ2) is 4.03. The number of aliphatic hydroxyl groups is 1. The van der Waals surface area contributed by atoms with Crippen LogP contribution in [0.25, 0.3) is 0 Å². The first-order valence-electron chi connectivity index (χ1n) is 1.26. The Kier molecular flexibility index (Phi) is 5.74. The number of nitrogens with two attached hydrogens (primary N) is 2. The maximum atomic E-state index is 9.51. The van der Waals surface area contributed by atoms with Crippen molar-refractivity contribution in [3.8, 4) is 0 Å². The molecule has 0 saturated carbocycles. The van der Waals surface area contributed by atoms with Crippen LogP contribution in [0.1, 0.15) is 0 Å². The first-order chi connectivity index (χ1) is 2.64. The van der Waals surface area contributed by atoms with E-state index >= 15 is 0 Å². The third kappa shape index (κ3) is 5.86. The minimum absolute atomic E-state index is 0. The Morgan fingerprint density at radius 2 is 1.86 bits per heavy atom. The maximum Gasteiger partial charge on any atom is 1.00 e. The minimum atomic E-state index is -0.991. The molecule has 1 amide bonds. The number of carbonyl (C=O) groups is 1. The van der Waals surface area contributed by atoms with Crippen molar-refractivity contribution < 1.29 is 28.8 Å². The van der Waals surface area contributed by atoms with Crippen LogP contribution in [0.15, 0.2) is 0 Å². The van der Waals surface area contributed by atoms with Crippen LogP contribution >= 0.6 is 0 Å². The van der Waals surface area contributed by atoms with E-state index in [9.17, 15) is 4.79 Å². The fraction of sp³-hybridized carbons (Fsp3) is 0. The molecule has 7 heavy (non-hydrogen) atoms. The van der Waals surface area contributed by atoms with Crippen LogP contribution in [-0.2, 0) is 4.79 Å². The van der Waals surface area contributed by atoms with Gasteiger partial charge in [0.05, 0.1) is 0 Å². The van der Waals surface area contributed by atoms with Crippen LogP contribution < -0.4 is 30.3 Å². The van der Waals surface area contributed by atoms with E-state index < -0.39 is 12.1 Å². The van der Waals surface area contributed by atoms with Gasteiger partial charge in [-0.05, 0) is 0 Å². The average molecular weight is 96.0 g/mol. The number of aliphatic hydroxyl groups excluding tert-OH is 1. The van der Waals surface area contributed by atoms with Gasteiger partial charge in [0.25, 0.3) is 0 Å². The van der Waals surface area contributed by atoms with Crippen molar-refractivity contribution in [3.05, 3.63) is 6.23 Å². The van der Waals surface area contributed by atoms with Crippen molar-refractivity contribution in [1.29, 1.82) is 0 Å². The van der Waals surface area contributed by atoms with Gasteiger partial charge in [0.15, 0.2) is 0 Å². The third-order valence-electron chi connectivity index (χ3n) is 0.252. The zero-order chi connectivity index (χ0) is 5.15. The molecule has 5 N–H and O–H groups in total. The third-order valence-corrected chi connectivity index (χ3v) is 0.252. The van der Waals surface area contributed by atoms with E-state index in [1.807, 2.05) is 0 Å². The molecule has 0 rings (SSSR count). The second-order valence-corrected chi connectivity index (χ2v) is 0.749. The SMILES string of the molecule is NC(=O)[C-](N)O.[Li+]. The zero-order valence-corrected chi connectivity index (χ0v) is 4.01. The summed E-state index contributed by atoms with van der Waals surface area (Å²) in [5.74, 6) is -0.991. The van der Waals surface area contributed by atoms with Gasteiger partial charge in [0, 0.05) is 0 Å². The molecule has 0 spiro atoms. The van der Waals surface area contributed by atoms with Gasteiger partial charge < -0.3 is 21.4 Å². The summed E-state index contributed by atoms with van der Waals surface area (Å²) in [6, 6.07) is 0. The van der Waals surface area contributed by atoms with E-state index in [0.29, 0.717) is 0 Å². The molecule has 0 aromatic rings. The van der Waals surface area contributed by atoms with Gasteiger partial charge in [-0.1, -0.05) is 0 Å². The number of rotatable bonds is 1. The summed E-state index contributed by atoms with van der Waals surface area (Å²) in [4.78, 5) is 9.51. The van der Waals surface area contributed by atoms with Crippen molar-refractivity contribution in [2.24, 2.45) is 11.5 Å². The Balaban J connectivity index is 0. The molecular weight excluding hydrogens is 91.0 g/mol. The normalized spacial score (nSPS) is 6.57. The minimum Gasteiger partial charge on any atom is -0.521 e. The van der Waals surface area contributed by atoms with Crippen molar-refractivity contribution in [2.45, 2.75) is 0 Å². The van der Waals surface area contributed by atoms with Crippen LogP contribution in [0, 0.1) is 6.23 Å². The predicted octanol–water partition coefficient (Wildman–Crippen LogP) is -4.70. The standard InChI is InChI=1S/C2H5N2O2.Li/c3-1(5)2(4)6;/h5H,3H2,(H2,4,6);/q-1;+1. The molecule has 0 aliphatic rings. The summed E-state index contributed by atoms with van der Waals surface area (Å²) in [7, 11) is 0. The molecule has 0 fully saturated rings. The van der Waals surface area contributed by atoms with E-state index in [-0.39, 0.29) is 18.9 Å². The number of hydrogen-bond donors (Lipinski definition) is 3. The Morgan fingerprint density at radius 3 is 1.86 bits per heavy atom. The van der Waals surface area contributed by atoms with Gasteiger partial charge in [-0.2, -0.15) is 0 Å². The van der Waals surface area contributed by atoms with Crippen molar-refractivity contribution >= 4 is 5.91 Å². The summed E-state index contributed by atoms with van der Waals surface area (Å²) >= 11 is 0. The van der Waals surface area contributed by atoms with Gasteiger partial charge in [-0.3, -0.25) is 0 Å². The first-order valence-corrected chi connectivity index (χ1v) is 1.26. The van der Waals surface area contributed by atoms with Gasteiger partial charge in [-0.25, -0.2) is 0 Å². The zero-order valence-electron chi connectivity index (χ0n) is 4.01. The second-order valence-electron chi connectivity index (χ2n) is 0.749. The number of primary amides is 1. The van der Waals surface area contributed by atoms with E-state index in [2.05, 4.69) is 11.5 Å². The quantitative estimate of drug-likeness (QED) is 0.226. The van der Waals surface area contributed by atoms with Crippen LogP contribution in [0.5, 0.6) is 0 Å². The van der Waals surface area contributed by atoms with Crippen molar-refractivity contribution in [1.82, 2.24) is 0 Å². The van der Waals surface area contributed by atoms with Crippen molar-refractivity contribution in [3.63, 3.8) is 0 Å². The molecule has 4 nitrogen and oxygen atoms in total. The van der Waals surface area contributed by atoms with Crippen molar-refractivity contribution in [2.75, 3.05) is 0 Å². The van der Waals surface area contributed by atoms with Gasteiger partial charge in [-0.15, -0.1) is 6.23 Å². The van der Waals surface area contributed by atoms with E-state index in [1.165, 1.54) is 0 Å². The molecule has 0 aromatic carbocycles. The summed E-state index contributed by atoms with van der Waals surface area (Å²) < 4.78 is 0. The molecule has 5 heteroatoms. The van der Waals surface area contributed by atoms with Gasteiger partial charge in [0.2, 0.25) is 0 Å². The fourth-order valence-corrected chi connectivity index (χ4v) is 0. The Bertz CT molecular complexity index is 64.7. The fourth-order valence-electron chi connectivity index (χ4n) is 0. The molecule has 0 unspecified atom stereocenters. The summed E-state index contributed by atoms with van der Waals surface area (Å²) in [5.41, 5.74) is 8.82. The van der Waals surface area contributed by atoms with Gasteiger partial charge >= 0.3 is 18.9 Å².